The van der Waals surface area contributed by atoms with Gasteiger partial charge in [0.1, 0.15) is 0 Å². The highest BCUT2D eigenvalue weighted by Crippen LogP contribution is 2.20. The maximum absolute atomic E-state index is 12.6. The summed E-state index contributed by atoms with van der Waals surface area (Å²) in [6.07, 6.45) is 4.45. The van der Waals surface area contributed by atoms with Crippen molar-refractivity contribution < 1.29 is 19.1 Å². The Bertz CT molecular complexity index is 617. The maximum atomic E-state index is 12.6. The van der Waals surface area contributed by atoms with Crippen molar-refractivity contribution in [1.29, 1.82) is 0 Å². The predicted octanol–water partition coefficient (Wildman–Crippen LogP) is 5.74. The van der Waals surface area contributed by atoms with Crippen molar-refractivity contribution >= 4 is 11.9 Å². The molecule has 0 spiro atoms. The average molecular weight is 377 g/mol. The van der Waals surface area contributed by atoms with Crippen LogP contribution in [0.4, 0.5) is 0 Å². The normalized spacial score (nSPS) is 11.1. The van der Waals surface area contributed by atoms with Gasteiger partial charge in [-0.25, -0.2) is 9.59 Å². The second kappa shape index (κ2) is 11.8. The van der Waals surface area contributed by atoms with E-state index in [-0.39, 0.29) is 0 Å². The minimum absolute atomic E-state index is 0.308. The van der Waals surface area contributed by atoms with Gasteiger partial charge in [-0.1, -0.05) is 34.6 Å². The molecule has 152 valence electrons. The molecule has 0 aromatic heterocycles. The Hall–Kier alpha value is -1.84. The van der Waals surface area contributed by atoms with Gasteiger partial charge >= 0.3 is 11.9 Å². The van der Waals surface area contributed by atoms with E-state index in [1.807, 2.05) is 13.8 Å². The van der Waals surface area contributed by atoms with Crippen molar-refractivity contribution in [3.63, 3.8) is 0 Å². The second-order valence-electron chi connectivity index (χ2n) is 8.02. The molecule has 1 rings (SSSR count). The zero-order valence-corrected chi connectivity index (χ0v) is 17.9. The number of aryl methyl sites for hydroxylation is 2. The van der Waals surface area contributed by atoms with E-state index in [0.29, 0.717) is 36.2 Å². The summed E-state index contributed by atoms with van der Waals surface area (Å²) < 4.78 is 10.8. The Labute approximate surface area is 164 Å². The van der Waals surface area contributed by atoms with E-state index >= 15 is 0 Å². The van der Waals surface area contributed by atoms with Gasteiger partial charge in [0.15, 0.2) is 0 Å². The van der Waals surface area contributed by atoms with Crippen LogP contribution in [0.25, 0.3) is 0 Å². The standard InChI is InChI=1S/C23H36O4/c1-7-19-15-21(23(25)27-13-9-11-17(4)5)20(14-18(19)6)22(24)26-12-8-10-16(2)3/h14-17H,7-13H2,1-6H3. The van der Waals surface area contributed by atoms with Crippen molar-refractivity contribution in [3.8, 4) is 0 Å². The van der Waals surface area contributed by atoms with Crippen LogP contribution in [0.15, 0.2) is 12.1 Å². The fourth-order valence-corrected chi connectivity index (χ4v) is 2.94. The molecule has 0 radical (unpaired) electrons. The highest BCUT2D eigenvalue weighted by Gasteiger charge is 2.21. The molecule has 0 amide bonds. The van der Waals surface area contributed by atoms with Crippen molar-refractivity contribution in [2.24, 2.45) is 11.8 Å². The molecule has 0 saturated heterocycles. The van der Waals surface area contributed by atoms with Crippen LogP contribution in [0.5, 0.6) is 0 Å². The third-order valence-corrected chi connectivity index (χ3v) is 4.61. The van der Waals surface area contributed by atoms with Gasteiger partial charge in [-0.05, 0) is 74.1 Å². The number of rotatable bonds is 11. The zero-order chi connectivity index (χ0) is 20.4. The monoisotopic (exact) mass is 376 g/mol. The first-order valence-electron chi connectivity index (χ1n) is 10.2. The fraction of sp³-hybridized carbons (Fsp3) is 0.652. The third kappa shape index (κ3) is 8.15. The zero-order valence-electron chi connectivity index (χ0n) is 17.9. The van der Waals surface area contributed by atoms with Gasteiger partial charge in [0, 0.05) is 0 Å². The quantitative estimate of drug-likeness (QED) is 0.365. The predicted molar refractivity (Wildman–Crippen MR) is 109 cm³/mol. The van der Waals surface area contributed by atoms with Gasteiger partial charge in [0.05, 0.1) is 24.3 Å². The lowest BCUT2D eigenvalue weighted by atomic mass is 9.97. The number of carbonyl (C=O) groups excluding carboxylic acids is 2. The first-order chi connectivity index (χ1) is 12.8. The number of ether oxygens (including phenoxy) is 2. The van der Waals surface area contributed by atoms with Gasteiger partial charge < -0.3 is 9.47 Å². The molecule has 0 unspecified atom stereocenters. The molecule has 1 aromatic rings. The Kier molecular flexibility index (Phi) is 10.1. The first-order valence-corrected chi connectivity index (χ1v) is 10.2. The van der Waals surface area contributed by atoms with Crippen molar-refractivity contribution in [3.05, 3.63) is 34.4 Å². The van der Waals surface area contributed by atoms with Crippen LogP contribution in [-0.2, 0) is 15.9 Å². The summed E-state index contributed by atoms with van der Waals surface area (Å²) in [5.41, 5.74) is 2.66. The molecule has 0 heterocycles. The van der Waals surface area contributed by atoms with Crippen LogP contribution in [0, 0.1) is 18.8 Å². The number of hydrogen-bond donors (Lipinski definition) is 0. The molecule has 0 aliphatic carbocycles. The highest BCUT2D eigenvalue weighted by molar-refractivity contribution is 6.03. The Morgan fingerprint density at radius 2 is 1.30 bits per heavy atom. The molecule has 0 aliphatic heterocycles. The molecule has 0 fully saturated rings. The number of carbonyl (C=O) groups is 2. The molecule has 0 saturated carbocycles. The summed E-state index contributed by atoms with van der Waals surface area (Å²) in [4.78, 5) is 25.1. The third-order valence-electron chi connectivity index (χ3n) is 4.61. The van der Waals surface area contributed by atoms with Crippen LogP contribution < -0.4 is 0 Å². The van der Waals surface area contributed by atoms with Gasteiger partial charge in [0.25, 0.3) is 0 Å². The Morgan fingerprint density at radius 3 is 1.70 bits per heavy atom. The van der Waals surface area contributed by atoms with Crippen LogP contribution in [0.3, 0.4) is 0 Å². The van der Waals surface area contributed by atoms with Gasteiger partial charge in [-0.2, -0.15) is 0 Å². The topological polar surface area (TPSA) is 52.6 Å². The summed E-state index contributed by atoms with van der Waals surface area (Å²) >= 11 is 0. The number of esters is 2. The van der Waals surface area contributed by atoms with E-state index < -0.39 is 11.9 Å². The minimum atomic E-state index is -0.446. The summed E-state index contributed by atoms with van der Waals surface area (Å²) in [6.45, 7) is 13.3. The molecule has 4 heteroatoms. The van der Waals surface area contributed by atoms with Crippen molar-refractivity contribution in [2.45, 2.75) is 73.6 Å². The van der Waals surface area contributed by atoms with E-state index in [4.69, 9.17) is 9.47 Å². The summed E-state index contributed by atoms with van der Waals surface area (Å²) in [5, 5.41) is 0. The second-order valence-corrected chi connectivity index (χ2v) is 8.02. The van der Waals surface area contributed by atoms with Gasteiger partial charge in [-0.3, -0.25) is 0 Å². The number of benzene rings is 1. The molecular formula is C23H36O4. The van der Waals surface area contributed by atoms with Crippen molar-refractivity contribution in [1.82, 2.24) is 0 Å². The lowest BCUT2D eigenvalue weighted by Gasteiger charge is -2.14. The first kappa shape index (κ1) is 23.2. The van der Waals surface area contributed by atoms with Crippen LogP contribution >= 0.6 is 0 Å². The van der Waals surface area contributed by atoms with Crippen LogP contribution in [0.2, 0.25) is 0 Å². The van der Waals surface area contributed by atoms with E-state index in [1.54, 1.807) is 12.1 Å². The lowest BCUT2D eigenvalue weighted by molar-refractivity contribution is 0.0447. The molecule has 4 nitrogen and oxygen atoms in total. The molecular weight excluding hydrogens is 340 g/mol. The van der Waals surface area contributed by atoms with E-state index in [1.165, 1.54) is 0 Å². The molecule has 27 heavy (non-hydrogen) atoms. The van der Waals surface area contributed by atoms with E-state index in [9.17, 15) is 9.59 Å². The van der Waals surface area contributed by atoms with Gasteiger partial charge in [-0.15, -0.1) is 0 Å². The highest BCUT2D eigenvalue weighted by atomic mass is 16.5. The molecule has 0 bridgehead atoms. The Balaban J connectivity index is 2.87. The van der Waals surface area contributed by atoms with Crippen LogP contribution in [-0.4, -0.2) is 25.2 Å². The molecule has 1 aromatic carbocycles. The lowest BCUT2D eigenvalue weighted by Crippen LogP contribution is -2.16. The molecule has 0 aliphatic rings. The van der Waals surface area contributed by atoms with Crippen molar-refractivity contribution in [2.75, 3.05) is 13.2 Å². The summed E-state index contributed by atoms with van der Waals surface area (Å²) in [5.74, 6) is 0.263. The SMILES string of the molecule is CCc1cc(C(=O)OCCCC(C)C)c(C(=O)OCCCC(C)C)cc1C. The maximum Gasteiger partial charge on any atom is 0.339 e. The van der Waals surface area contributed by atoms with Crippen LogP contribution in [0.1, 0.15) is 92.1 Å². The number of hydrogen-bond acceptors (Lipinski definition) is 4. The van der Waals surface area contributed by atoms with E-state index in [2.05, 4.69) is 27.7 Å². The Morgan fingerprint density at radius 1 is 0.852 bits per heavy atom. The fourth-order valence-electron chi connectivity index (χ4n) is 2.94. The largest absolute Gasteiger partial charge is 0.462 e. The summed E-state index contributed by atoms with van der Waals surface area (Å²) in [6, 6.07) is 3.54. The average Bonchev–Trinajstić information content (AvgIpc) is 2.61. The minimum Gasteiger partial charge on any atom is -0.462 e. The van der Waals surface area contributed by atoms with Gasteiger partial charge in [0.2, 0.25) is 0 Å². The smallest absolute Gasteiger partial charge is 0.339 e. The van der Waals surface area contributed by atoms with E-state index in [0.717, 1.165) is 43.2 Å². The molecule has 0 N–H and O–H groups in total. The summed E-state index contributed by atoms with van der Waals surface area (Å²) in [7, 11) is 0. The molecule has 0 atom stereocenters.